The molecule has 0 aromatic heterocycles. The third-order valence-corrected chi connectivity index (χ3v) is 3.42. The highest BCUT2D eigenvalue weighted by Gasteiger charge is 2.21. The van der Waals surface area contributed by atoms with Gasteiger partial charge in [0.15, 0.2) is 0 Å². The Hall–Kier alpha value is -2.08. The largest absolute Gasteiger partial charge is 0.480 e. The zero-order valence-electron chi connectivity index (χ0n) is 13.4. The number of benzene rings is 1. The highest BCUT2D eigenvalue weighted by molar-refractivity contribution is 6.30. The molecule has 1 rings (SSSR count). The van der Waals surface area contributed by atoms with E-state index in [1.54, 1.807) is 25.1 Å². The standard InChI is InChI=1S/C16H21ClN2O4/c1-9(2)6-13(16(22)23)19-14(20)8-18-15(21)12-5-4-11(17)7-10(12)3/h4-5,7,9,13H,6,8H2,1-3H3,(H,18,21)(H,19,20)(H,22,23)/t13-/m0/s1. The van der Waals surface area contributed by atoms with Gasteiger partial charge >= 0.3 is 5.97 Å². The molecule has 0 aliphatic rings. The Morgan fingerprint density at radius 1 is 1.26 bits per heavy atom. The molecule has 0 aliphatic heterocycles. The van der Waals surface area contributed by atoms with Crippen LogP contribution in [-0.2, 0) is 9.59 Å². The minimum Gasteiger partial charge on any atom is -0.480 e. The van der Waals surface area contributed by atoms with Crippen molar-refractivity contribution in [3.05, 3.63) is 34.3 Å². The maximum absolute atomic E-state index is 12.0. The minimum atomic E-state index is -1.09. The van der Waals surface area contributed by atoms with E-state index < -0.39 is 23.8 Å². The summed E-state index contributed by atoms with van der Waals surface area (Å²) in [5.74, 6) is -1.92. The van der Waals surface area contributed by atoms with Crippen LogP contribution in [0.25, 0.3) is 0 Å². The summed E-state index contributed by atoms with van der Waals surface area (Å²) in [5.41, 5.74) is 1.11. The lowest BCUT2D eigenvalue weighted by Gasteiger charge is -2.16. The second-order valence-electron chi connectivity index (χ2n) is 5.73. The summed E-state index contributed by atoms with van der Waals surface area (Å²) in [6, 6.07) is 3.85. The number of aryl methyl sites for hydroxylation is 1. The minimum absolute atomic E-state index is 0.128. The average molecular weight is 341 g/mol. The van der Waals surface area contributed by atoms with E-state index in [0.717, 1.165) is 0 Å². The smallest absolute Gasteiger partial charge is 0.326 e. The summed E-state index contributed by atoms with van der Waals surface area (Å²) >= 11 is 5.83. The zero-order chi connectivity index (χ0) is 17.6. The second-order valence-corrected chi connectivity index (χ2v) is 6.17. The lowest BCUT2D eigenvalue weighted by molar-refractivity contribution is -0.142. The van der Waals surface area contributed by atoms with E-state index in [1.807, 2.05) is 13.8 Å². The van der Waals surface area contributed by atoms with Crippen LogP contribution in [0.1, 0.15) is 36.2 Å². The second kappa shape index (κ2) is 8.53. The van der Waals surface area contributed by atoms with Gasteiger partial charge in [-0.15, -0.1) is 0 Å². The number of halogens is 1. The van der Waals surface area contributed by atoms with Crippen LogP contribution in [0.4, 0.5) is 0 Å². The fourth-order valence-electron chi connectivity index (χ4n) is 2.08. The van der Waals surface area contributed by atoms with E-state index in [2.05, 4.69) is 10.6 Å². The van der Waals surface area contributed by atoms with Crippen molar-refractivity contribution in [2.45, 2.75) is 33.2 Å². The van der Waals surface area contributed by atoms with Crippen molar-refractivity contribution in [3.63, 3.8) is 0 Å². The summed E-state index contributed by atoms with van der Waals surface area (Å²) < 4.78 is 0. The quantitative estimate of drug-likeness (QED) is 0.707. The van der Waals surface area contributed by atoms with Gasteiger partial charge in [0.25, 0.3) is 5.91 Å². The van der Waals surface area contributed by atoms with Gasteiger partial charge in [-0.1, -0.05) is 25.4 Å². The molecule has 0 bridgehead atoms. The number of hydrogen-bond acceptors (Lipinski definition) is 3. The van der Waals surface area contributed by atoms with E-state index in [0.29, 0.717) is 22.6 Å². The molecule has 1 aromatic rings. The third-order valence-electron chi connectivity index (χ3n) is 3.18. The summed E-state index contributed by atoms with van der Waals surface area (Å²) in [4.78, 5) is 34.9. The van der Waals surface area contributed by atoms with Crippen LogP contribution < -0.4 is 10.6 Å². The van der Waals surface area contributed by atoms with Crippen molar-refractivity contribution in [1.82, 2.24) is 10.6 Å². The number of carbonyl (C=O) groups is 3. The fraction of sp³-hybridized carbons (Fsp3) is 0.438. The molecule has 0 unspecified atom stereocenters. The molecule has 0 fully saturated rings. The van der Waals surface area contributed by atoms with Crippen molar-refractivity contribution in [3.8, 4) is 0 Å². The molecule has 2 amide bonds. The molecule has 1 atom stereocenters. The van der Waals surface area contributed by atoms with E-state index in [1.165, 1.54) is 0 Å². The maximum atomic E-state index is 12.0. The summed E-state index contributed by atoms with van der Waals surface area (Å²) in [6.45, 7) is 5.19. The molecule has 0 saturated carbocycles. The van der Waals surface area contributed by atoms with Gasteiger partial charge in [0, 0.05) is 10.6 Å². The van der Waals surface area contributed by atoms with Crippen LogP contribution in [0, 0.1) is 12.8 Å². The number of carbonyl (C=O) groups excluding carboxylic acids is 2. The average Bonchev–Trinajstić information content (AvgIpc) is 2.43. The van der Waals surface area contributed by atoms with Gasteiger partial charge in [-0.3, -0.25) is 9.59 Å². The van der Waals surface area contributed by atoms with Gasteiger partial charge in [0.2, 0.25) is 5.91 Å². The first-order valence-corrected chi connectivity index (χ1v) is 7.65. The number of rotatable bonds is 7. The van der Waals surface area contributed by atoms with E-state index in [-0.39, 0.29) is 12.5 Å². The maximum Gasteiger partial charge on any atom is 0.326 e. The molecule has 0 spiro atoms. The Labute approximate surface area is 140 Å². The van der Waals surface area contributed by atoms with Gasteiger partial charge in [-0.25, -0.2) is 4.79 Å². The van der Waals surface area contributed by atoms with Gasteiger partial charge < -0.3 is 15.7 Å². The number of amides is 2. The lowest BCUT2D eigenvalue weighted by Crippen LogP contribution is -2.46. The molecule has 7 heteroatoms. The number of carboxylic acid groups (broad SMARTS) is 1. The van der Waals surface area contributed by atoms with Gasteiger partial charge in [0.05, 0.1) is 6.54 Å². The van der Waals surface area contributed by atoms with Crippen molar-refractivity contribution < 1.29 is 19.5 Å². The van der Waals surface area contributed by atoms with E-state index >= 15 is 0 Å². The molecular weight excluding hydrogens is 320 g/mol. The summed E-state index contributed by atoms with van der Waals surface area (Å²) in [7, 11) is 0. The van der Waals surface area contributed by atoms with Crippen LogP contribution in [0.3, 0.4) is 0 Å². The number of hydrogen-bond donors (Lipinski definition) is 3. The van der Waals surface area contributed by atoms with E-state index in [9.17, 15) is 14.4 Å². The van der Waals surface area contributed by atoms with Crippen LogP contribution in [0.15, 0.2) is 18.2 Å². The Bertz CT molecular complexity index is 602. The number of aliphatic carboxylic acids is 1. The lowest BCUT2D eigenvalue weighted by atomic mass is 10.0. The fourth-order valence-corrected chi connectivity index (χ4v) is 2.30. The molecule has 23 heavy (non-hydrogen) atoms. The van der Waals surface area contributed by atoms with Gasteiger partial charge in [-0.05, 0) is 43.0 Å². The Balaban J connectivity index is 2.58. The van der Waals surface area contributed by atoms with Crippen LogP contribution >= 0.6 is 11.6 Å². The first kappa shape index (κ1) is 19.0. The van der Waals surface area contributed by atoms with Crippen molar-refractivity contribution in [1.29, 1.82) is 0 Å². The predicted octanol–water partition coefficient (Wildman–Crippen LogP) is 1.99. The van der Waals surface area contributed by atoms with Crippen molar-refractivity contribution in [2.75, 3.05) is 6.54 Å². The normalized spacial score (nSPS) is 11.9. The molecule has 126 valence electrons. The zero-order valence-corrected chi connectivity index (χ0v) is 14.1. The van der Waals surface area contributed by atoms with Crippen LogP contribution in [0.2, 0.25) is 5.02 Å². The van der Waals surface area contributed by atoms with Crippen LogP contribution in [0.5, 0.6) is 0 Å². The van der Waals surface area contributed by atoms with Crippen LogP contribution in [-0.4, -0.2) is 35.5 Å². The Kier molecular flexibility index (Phi) is 7.03. The number of nitrogens with one attached hydrogen (secondary N) is 2. The molecule has 0 saturated heterocycles. The Morgan fingerprint density at radius 3 is 2.43 bits per heavy atom. The van der Waals surface area contributed by atoms with Crippen molar-refractivity contribution in [2.24, 2.45) is 5.92 Å². The highest BCUT2D eigenvalue weighted by Crippen LogP contribution is 2.14. The highest BCUT2D eigenvalue weighted by atomic mass is 35.5. The van der Waals surface area contributed by atoms with Gasteiger partial charge in [0.1, 0.15) is 6.04 Å². The molecular formula is C16H21ClN2O4. The predicted molar refractivity (Wildman–Crippen MR) is 87.5 cm³/mol. The summed E-state index contributed by atoms with van der Waals surface area (Å²) in [6.07, 6.45) is 0.325. The molecule has 6 nitrogen and oxygen atoms in total. The Morgan fingerprint density at radius 2 is 1.91 bits per heavy atom. The molecule has 0 heterocycles. The van der Waals surface area contributed by atoms with Crippen molar-refractivity contribution >= 4 is 29.4 Å². The molecule has 0 aliphatic carbocycles. The third kappa shape index (κ3) is 6.28. The topological polar surface area (TPSA) is 95.5 Å². The number of carboxylic acids is 1. The first-order valence-electron chi connectivity index (χ1n) is 7.27. The molecule has 1 aromatic carbocycles. The summed E-state index contributed by atoms with van der Waals surface area (Å²) in [5, 5.41) is 14.5. The van der Waals surface area contributed by atoms with E-state index in [4.69, 9.17) is 16.7 Å². The monoisotopic (exact) mass is 340 g/mol. The SMILES string of the molecule is Cc1cc(Cl)ccc1C(=O)NCC(=O)N[C@@H](CC(C)C)C(=O)O. The first-order chi connectivity index (χ1) is 10.7. The van der Waals surface area contributed by atoms with Gasteiger partial charge in [-0.2, -0.15) is 0 Å². The molecule has 0 radical (unpaired) electrons. The molecule has 3 N–H and O–H groups in total.